The van der Waals surface area contributed by atoms with E-state index in [2.05, 4.69) is 11.1 Å². The van der Waals surface area contributed by atoms with Crippen LogP contribution in [-0.2, 0) is 16.1 Å². The number of esters is 1. The number of alkyl halides is 3. The van der Waals surface area contributed by atoms with Gasteiger partial charge in [0.15, 0.2) is 10.5 Å². The van der Waals surface area contributed by atoms with Crippen LogP contribution in [-0.4, -0.2) is 23.3 Å². The number of aromatic nitrogens is 1. The van der Waals surface area contributed by atoms with Gasteiger partial charge in [-0.05, 0) is 42.8 Å². The fraction of sp³-hybridized carbons (Fsp3) is 0.161. The van der Waals surface area contributed by atoms with Crippen LogP contribution in [0.1, 0.15) is 35.2 Å². The number of fused-ring (bicyclic) bond motifs is 1. The Morgan fingerprint density at radius 1 is 1.12 bits per heavy atom. The first-order chi connectivity index (χ1) is 20.6. The summed E-state index contributed by atoms with van der Waals surface area (Å²) in [6.07, 6.45) is -3.52. The third kappa shape index (κ3) is 6.11. The van der Waals surface area contributed by atoms with E-state index < -0.39 is 35.0 Å². The molecule has 218 valence electrons. The van der Waals surface area contributed by atoms with Crippen molar-refractivity contribution >= 4 is 35.0 Å². The number of thiazole rings is 1. The molecule has 0 radical (unpaired) electrons. The highest BCUT2D eigenvalue weighted by atomic mass is 35.5. The van der Waals surface area contributed by atoms with Crippen LogP contribution in [0.5, 0.6) is 5.75 Å². The molecule has 1 aliphatic rings. The summed E-state index contributed by atoms with van der Waals surface area (Å²) in [6.45, 7) is 1.36. The van der Waals surface area contributed by atoms with Crippen LogP contribution < -0.4 is 19.6 Å². The fourth-order valence-corrected chi connectivity index (χ4v) is 5.70. The van der Waals surface area contributed by atoms with Crippen LogP contribution in [0.15, 0.2) is 93.9 Å². The maximum absolute atomic E-state index is 14.3. The minimum Gasteiger partial charge on any atom is -0.488 e. The molecule has 7 nitrogen and oxygen atoms in total. The van der Waals surface area contributed by atoms with Gasteiger partial charge in [0.25, 0.3) is 5.56 Å². The standard InChI is InChI=1S/C31H21ClF3N3O4S/c1-2-41-29(40)25-26(18-11-13-22(32)14-12-18)38-28(39)24(43-30(38)37-27(25)31(33,34)35)15-19-7-5-6-10-23(19)42-17-21-9-4-3-8-20(21)16-36/h3-15,26H,2,17H2,1H3/b24-15-/t26-/m0/s1. The Kier molecular flexibility index (Phi) is 8.52. The number of carbonyl (C=O) groups is 1. The Labute approximate surface area is 252 Å². The van der Waals surface area contributed by atoms with Crippen molar-refractivity contribution in [3.8, 4) is 11.8 Å². The molecule has 5 rings (SSSR count). The monoisotopic (exact) mass is 623 g/mol. The number of nitriles is 1. The molecule has 0 amide bonds. The third-order valence-corrected chi connectivity index (χ3v) is 7.74. The molecule has 0 unspecified atom stereocenters. The summed E-state index contributed by atoms with van der Waals surface area (Å²) in [5, 5.41) is 9.70. The zero-order valence-corrected chi connectivity index (χ0v) is 24.0. The summed E-state index contributed by atoms with van der Waals surface area (Å²) < 4.78 is 55.1. The van der Waals surface area contributed by atoms with Crippen molar-refractivity contribution < 1.29 is 27.4 Å². The molecule has 0 saturated carbocycles. The number of halogens is 4. The van der Waals surface area contributed by atoms with Crippen molar-refractivity contribution in [3.05, 3.63) is 131 Å². The average Bonchev–Trinajstić information content (AvgIpc) is 3.30. The van der Waals surface area contributed by atoms with E-state index >= 15 is 0 Å². The normalized spacial score (nSPS) is 15.0. The molecule has 0 aliphatic carbocycles. The highest BCUT2D eigenvalue weighted by Gasteiger charge is 2.45. The second kappa shape index (κ2) is 12.3. The zero-order chi connectivity index (χ0) is 30.7. The quantitative estimate of drug-likeness (QED) is 0.256. The summed E-state index contributed by atoms with van der Waals surface area (Å²) in [4.78, 5) is 30.4. The number of benzene rings is 3. The lowest BCUT2D eigenvalue weighted by Crippen LogP contribution is -2.41. The fourth-order valence-electron chi connectivity index (χ4n) is 4.58. The number of rotatable bonds is 7. The van der Waals surface area contributed by atoms with Gasteiger partial charge >= 0.3 is 12.1 Å². The van der Waals surface area contributed by atoms with Gasteiger partial charge in [0.2, 0.25) is 0 Å². The number of nitrogens with zero attached hydrogens (tertiary/aromatic N) is 3. The van der Waals surface area contributed by atoms with Crippen molar-refractivity contribution in [3.63, 3.8) is 0 Å². The summed E-state index contributed by atoms with van der Waals surface area (Å²) in [7, 11) is 0. The zero-order valence-electron chi connectivity index (χ0n) is 22.4. The number of carbonyl (C=O) groups excluding carboxylic acids is 1. The van der Waals surface area contributed by atoms with Crippen LogP contribution in [0.3, 0.4) is 0 Å². The van der Waals surface area contributed by atoms with Crippen molar-refractivity contribution in [2.24, 2.45) is 4.99 Å². The minimum absolute atomic E-state index is 0.0674. The van der Waals surface area contributed by atoms with Gasteiger partial charge in [0.05, 0.1) is 34.4 Å². The molecule has 43 heavy (non-hydrogen) atoms. The lowest BCUT2D eigenvalue weighted by molar-refractivity contribution is -0.140. The first kappa shape index (κ1) is 29.8. The Morgan fingerprint density at radius 3 is 2.51 bits per heavy atom. The number of para-hydroxylation sites is 1. The van der Waals surface area contributed by atoms with E-state index in [1.165, 1.54) is 37.3 Å². The van der Waals surface area contributed by atoms with Crippen molar-refractivity contribution in [2.75, 3.05) is 6.61 Å². The highest BCUT2D eigenvalue weighted by molar-refractivity contribution is 7.07. The van der Waals surface area contributed by atoms with Crippen molar-refractivity contribution in [1.29, 1.82) is 5.26 Å². The smallest absolute Gasteiger partial charge is 0.434 e. The second-order valence-corrected chi connectivity index (χ2v) is 10.7. The van der Waals surface area contributed by atoms with E-state index in [0.717, 1.165) is 15.9 Å². The Morgan fingerprint density at radius 2 is 1.81 bits per heavy atom. The van der Waals surface area contributed by atoms with E-state index in [9.17, 15) is 28.0 Å². The Bertz CT molecular complexity index is 1960. The molecule has 0 fully saturated rings. The van der Waals surface area contributed by atoms with Gasteiger partial charge in [0.1, 0.15) is 12.4 Å². The first-order valence-corrected chi connectivity index (χ1v) is 14.1. The summed E-state index contributed by atoms with van der Waals surface area (Å²) in [6, 6.07) is 20.2. The van der Waals surface area contributed by atoms with E-state index in [0.29, 0.717) is 27.5 Å². The SMILES string of the molecule is CCOC(=O)C1=C(C(F)(F)F)N=c2s/c(=C\c3ccccc3OCc3ccccc3C#N)c(=O)n2[C@H]1c1ccc(Cl)cc1. The van der Waals surface area contributed by atoms with Gasteiger partial charge in [-0.25, -0.2) is 9.79 Å². The van der Waals surface area contributed by atoms with Gasteiger partial charge in [0, 0.05) is 16.1 Å². The first-order valence-electron chi connectivity index (χ1n) is 12.9. The molecule has 0 saturated heterocycles. The molecule has 0 bridgehead atoms. The van der Waals surface area contributed by atoms with E-state index in [1.807, 2.05) is 0 Å². The predicted molar refractivity (Wildman–Crippen MR) is 154 cm³/mol. The van der Waals surface area contributed by atoms with Crippen LogP contribution in [0.2, 0.25) is 5.02 Å². The molecule has 1 aliphatic heterocycles. The largest absolute Gasteiger partial charge is 0.488 e. The van der Waals surface area contributed by atoms with E-state index in [-0.39, 0.29) is 28.1 Å². The summed E-state index contributed by atoms with van der Waals surface area (Å²) >= 11 is 6.77. The average molecular weight is 624 g/mol. The van der Waals surface area contributed by atoms with Crippen LogP contribution in [0, 0.1) is 11.3 Å². The molecule has 0 N–H and O–H groups in total. The van der Waals surface area contributed by atoms with Crippen LogP contribution >= 0.6 is 22.9 Å². The molecular weight excluding hydrogens is 603 g/mol. The van der Waals surface area contributed by atoms with Crippen molar-refractivity contribution in [1.82, 2.24) is 4.57 Å². The molecular formula is C31H21ClF3N3O4S. The molecule has 0 spiro atoms. The van der Waals surface area contributed by atoms with Crippen molar-refractivity contribution in [2.45, 2.75) is 25.7 Å². The summed E-state index contributed by atoms with van der Waals surface area (Å²) in [5.74, 6) is -0.845. The van der Waals surface area contributed by atoms with Gasteiger partial charge in [-0.2, -0.15) is 18.4 Å². The second-order valence-electron chi connectivity index (χ2n) is 9.21. The van der Waals surface area contributed by atoms with Crippen LogP contribution in [0.4, 0.5) is 13.2 Å². The summed E-state index contributed by atoms with van der Waals surface area (Å²) in [5.41, 5.74) is -1.07. The van der Waals surface area contributed by atoms with Gasteiger partial charge in [-0.3, -0.25) is 9.36 Å². The number of ether oxygens (including phenoxy) is 2. The lowest BCUT2D eigenvalue weighted by Gasteiger charge is -2.26. The van der Waals surface area contributed by atoms with Crippen LogP contribution in [0.25, 0.3) is 6.08 Å². The maximum atomic E-state index is 14.3. The molecule has 4 aromatic rings. The molecule has 2 heterocycles. The third-order valence-electron chi connectivity index (χ3n) is 6.51. The topological polar surface area (TPSA) is 93.7 Å². The minimum atomic E-state index is -5.01. The molecule has 12 heteroatoms. The van der Waals surface area contributed by atoms with Gasteiger partial charge < -0.3 is 9.47 Å². The number of hydrogen-bond donors (Lipinski definition) is 0. The predicted octanol–water partition coefficient (Wildman–Crippen LogP) is 5.44. The Hall–Kier alpha value is -4.66. The number of hydrogen-bond acceptors (Lipinski definition) is 7. The number of allylic oxidation sites excluding steroid dienone is 1. The lowest BCUT2D eigenvalue weighted by atomic mass is 9.95. The molecule has 1 aromatic heterocycles. The van der Waals surface area contributed by atoms with Gasteiger partial charge in [-0.1, -0.05) is 71.5 Å². The molecule has 1 atom stereocenters. The van der Waals surface area contributed by atoms with E-state index in [1.54, 1.807) is 48.5 Å². The van der Waals surface area contributed by atoms with E-state index in [4.69, 9.17) is 21.1 Å². The molecule has 3 aromatic carbocycles. The van der Waals surface area contributed by atoms with Gasteiger partial charge in [-0.15, -0.1) is 0 Å². The highest BCUT2D eigenvalue weighted by Crippen LogP contribution is 2.38. The maximum Gasteiger partial charge on any atom is 0.434 e. The Balaban J connectivity index is 1.67.